The Hall–Kier alpha value is -0.820. The lowest BCUT2D eigenvalue weighted by atomic mass is 10.1. The van der Waals surface area contributed by atoms with Crippen LogP contribution in [0, 0.1) is 0 Å². The van der Waals surface area contributed by atoms with Crippen LogP contribution in [-0.4, -0.2) is 50.5 Å². The third-order valence-corrected chi connectivity index (χ3v) is 2.72. The summed E-state index contributed by atoms with van der Waals surface area (Å²) in [4.78, 5) is 13.0. The molecule has 1 aliphatic rings. The maximum Gasteiger partial charge on any atom is 0.410 e. The molecule has 0 aromatic heterocycles. The zero-order valence-electron chi connectivity index (χ0n) is 9.89. The quantitative estimate of drug-likeness (QED) is 0.686. The predicted molar refractivity (Wildman–Crippen MR) is 57.5 cm³/mol. The van der Waals surface area contributed by atoms with E-state index in [2.05, 4.69) is 4.18 Å². The lowest BCUT2D eigenvalue weighted by Gasteiger charge is -2.29. The van der Waals surface area contributed by atoms with Gasteiger partial charge >= 0.3 is 6.09 Å². The Morgan fingerprint density at radius 3 is 2.44 bits per heavy atom. The van der Waals surface area contributed by atoms with Gasteiger partial charge in [-0.1, -0.05) is 0 Å². The van der Waals surface area contributed by atoms with Gasteiger partial charge in [0.15, 0.2) is 0 Å². The minimum atomic E-state index is -3.49. The van der Waals surface area contributed by atoms with Gasteiger partial charge in [-0.2, -0.15) is 8.42 Å². The standard InChI is InChI=1S/C9H17NO5S/c1-9(2,3)10-5-7(15-8(10)11)6-14-16(4,12)13/h7H,5-6H2,1-4H3. The number of amides is 1. The summed E-state index contributed by atoms with van der Waals surface area (Å²) in [5, 5.41) is 0. The topological polar surface area (TPSA) is 72.9 Å². The number of cyclic esters (lactones) is 1. The molecule has 0 aliphatic carbocycles. The Morgan fingerprint density at radius 1 is 1.50 bits per heavy atom. The van der Waals surface area contributed by atoms with Crippen LogP contribution in [0.4, 0.5) is 4.79 Å². The van der Waals surface area contributed by atoms with E-state index >= 15 is 0 Å². The zero-order valence-corrected chi connectivity index (χ0v) is 10.7. The molecule has 0 aromatic rings. The highest BCUT2D eigenvalue weighted by atomic mass is 32.2. The highest BCUT2D eigenvalue weighted by molar-refractivity contribution is 7.85. The molecule has 6 nitrogen and oxygen atoms in total. The number of ether oxygens (including phenoxy) is 1. The Labute approximate surface area is 95.6 Å². The summed E-state index contributed by atoms with van der Waals surface area (Å²) >= 11 is 0. The zero-order chi connectivity index (χ0) is 12.6. The first-order chi connectivity index (χ1) is 7.09. The molecule has 0 saturated carbocycles. The monoisotopic (exact) mass is 251 g/mol. The van der Waals surface area contributed by atoms with Crippen LogP contribution in [0.5, 0.6) is 0 Å². The number of hydrogen-bond donors (Lipinski definition) is 0. The van der Waals surface area contributed by atoms with Gasteiger partial charge in [-0.15, -0.1) is 0 Å². The SMILES string of the molecule is CC(C)(C)N1CC(COS(C)(=O)=O)OC1=O. The maximum atomic E-state index is 11.5. The molecule has 1 aliphatic heterocycles. The number of nitrogens with zero attached hydrogens (tertiary/aromatic N) is 1. The summed E-state index contributed by atoms with van der Waals surface area (Å²) in [6.07, 6.45) is 0.00160. The smallest absolute Gasteiger partial charge is 0.410 e. The second-order valence-electron chi connectivity index (χ2n) is 4.78. The Morgan fingerprint density at radius 2 is 2.06 bits per heavy atom. The molecule has 16 heavy (non-hydrogen) atoms. The Bertz CT molecular complexity index is 370. The normalized spacial score (nSPS) is 22.4. The van der Waals surface area contributed by atoms with Gasteiger partial charge in [0.2, 0.25) is 0 Å². The summed E-state index contributed by atoms with van der Waals surface area (Å²) in [5.41, 5.74) is -0.336. The molecule has 1 fully saturated rings. The molecular weight excluding hydrogens is 234 g/mol. The molecule has 0 radical (unpaired) electrons. The van der Waals surface area contributed by atoms with Gasteiger partial charge in [0, 0.05) is 5.54 Å². The van der Waals surface area contributed by atoms with Crippen molar-refractivity contribution in [2.45, 2.75) is 32.4 Å². The number of carbonyl (C=O) groups is 1. The Balaban J connectivity index is 2.55. The third-order valence-electron chi connectivity index (χ3n) is 2.15. The second-order valence-corrected chi connectivity index (χ2v) is 6.42. The third kappa shape index (κ3) is 3.64. The van der Waals surface area contributed by atoms with Crippen LogP contribution in [0.25, 0.3) is 0 Å². The highest BCUT2D eigenvalue weighted by Crippen LogP contribution is 2.22. The summed E-state index contributed by atoms with van der Waals surface area (Å²) in [7, 11) is -3.49. The van der Waals surface area contributed by atoms with Gasteiger partial charge in [0.1, 0.15) is 12.7 Å². The van der Waals surface area contributed by atoms with Crippen molar-refractivity contribution in [3.63, 3.8) is 0 Å². The van der Waals surface area contributed by atoms with Crippen molar-refractivity contribution in [3.05, 3.63) is 0 Å². The van der Waals surface area contributed by atoms with Gasteiger partial charge < -0.3 is 4.74 Å². The van der Waals surface area contributed by atoms with Crippen LogP contribution in [0.2, 0.25) is 0 Å². The van der Waals surface area contributed by atoms with Crippen LogP contribution in [0.1, 0.15) is 20.8 Å². The number of hydrogen-bond acceptors (Lipinski definition) is 5. The summed E-state index contributed by atoms with van der Waals surface area (Å²) in [6.45, 7) is 5.87. The average Bonchev–Trinajstić information content (AvgIpc) is 2.41. The fourth-order valence-electron chi connectivity index (χ4n) is 1.36. The van der Waals surface area contributed by atoms with Crippen molar-refractivity contribution >= 4 is 16.2 Å². The second kappa shape index (κ2) is 4.21. The summed E-state index contributed by atoms with van der Waals surface area (Å²) in [6, 6.07) is 0. The predicted octanol–water partition coefficient (Wildman–Crippen LogP) is 0.582. The molecule has 7 heteroatoms. The van der Waals surface area contributed by atoms with Crippen LogP contribution >= 0.6 is 0 Å². The number of carbonyl (C=O) groups excluding carboxylic acids is 1. The molecule has 0 N–H and O–H groups in total. The van der Waals surface area contributed by atoms with E-state index in [-0.39, 0.29) is 12.1 Å². The van der Waals surface area contributed by atoms with E-state index in [4.69, 9.17) is 4.74 Å². The molecule has 1 rings (SSSR count). The molecule has 1 saturated heterocycles. The van der Waals surface area contributed by atoms with Crippen LogP contribution < -0.4 is 0 Å². The van der Waals surface area contributed by atoms with Crippen LogP contribution in [0.3, 0.4) is 0 Å². The van der Waals surface area contributed by atoms with E-state index in [0.29, 0.717) is 6.54 Å². The molecular formula is C9H17NO5S. The van der Waals surface area contributed by atoms with Crippen molar-refractivity contribution in [2.24, 2.45) is 0 Å². The van der Waals surface area contributed by atoms with Gasteiger partial charge in [-0.05, 0) is 20.8 Å². The van der Waals surface area contributed by atoms with Gasteiger partial charge in [0.25, 0.3) is 10.1 Å². The minimum absolute atomic E-state index is 0.128. The van der Waals surface area contributed by atoms with Crippen molar-refractivity contribution in [2.75, 3.05) is 19.4 Å². The first-order valence-electron chi connectivity index (χ1n) is 4.92. The summed E-state index contributed by atoms with van der Waals surface area (Å²) in [5.74, 6) is 0. The van der Waals surface area contributed by atoms with Crippen LogP contribution in [-0.2, 0) is 19.0 Å². The van der Waals surface area contributed by atoms with Crippen LogP contribution in [0.15, 0.2) is 0 Å². The minimum Gasteiger partial charge on any atom is -0.442 e. The lowest BCUT2D eigenvalue weighted by molar-refractivity contribution is 0.101. The average molecular weight is 251 g/mol. The van der Waals surface area contributed by atoms with E-state index < -0.39 is 22.3 Å². The maximum absolute atomic E-state index is 11.5. The molecule has 0 spiro atoms. The van der Waals surface area contributed by atoms with E-state index in [9.17, 15) is 13.2 Å². The van der Waals surface area contributed by atoms with E-state index in [1.165, 1.54) is 0 Å². The van der Waals surface area contributed by atoms with E-state index in [1.807, 2.05) is 20.8 Å². The largest absolute Gasteiger partial charge is 0.442 e. The summed E-state index contributed by atoms with van der Waals surface area (Å²) < 4.78 is 31.1. The molecule has 1 amide bonds. The molecule has 1 unspecified atom stereocenters. The molecule has 94 valence electrons. The molecule has 0 bridgehead atoms. The Kier molecular flexibility index (Phi) is 3.49. The first-order valence-corrected chi connectivity index (χ1v) is 6.74. The lowest BCUT2D eigenvalue weighted by Crippen LogP contribution is -2.42. The van der Waals surface area contributed by atoms with E-state index in [1.54, 1.807) is 4.90 Å². The van der Waals surface area contributed by atoms with E-state index in [0.717, 1.165) is 6.26 Å². The molecule has 1 atom stereocenters. The van der Waals surface area contributed by atoms with Gasteiger partial charge in [-0.25, -0.2) is 4.79 Å². The fourth-order valence-corrected chi connectivity index (χ4v) is 1.75. The van der Waals surface area contributed by atoms with Crippen molar-refractivity contribution in [3.8, 4) is 0 Å². The van der Waals surface area contributed by atoms with Crippen molar-refractivity contribution in [1.29, 1.82) is 0 Å². The first kappa shape index (κ1) is 13.2. The van der Waals surface area contributed by atoms with Crippen molar-refractivity contribution < 1.29 is 22.1 Å². The van der Waals surface area contributed by atoms with Gasteiger partial charge in [-0.3, -0.25) is 9.08 Å². The van der Waals surface area contributed by atoms with Crippen molar-refractivity contribution in [1.82, 2.24) is 4.90 Å². The molecule has 1 heterocycles. The van der Waals surface area contributed by atoms with Gasteiger partial charge in [0.05, 0.1) is 12.8 Å². The number of rotatable bonds is 3. The fraction of sp³-hybridized carbons (Fsp3) is 0.889. The highest BCUT2D eigenvalue weighted by Gasteiger charge is 2.38. The molecule has 0 aromatic carbocycles.